The maximum atomic E-state index is 12.2. The van der Waals surface area contributed by atoms with Crippen LogP contribution >= 0.6 is 0 Å². The number of aromatic nitrogens is 1. The molecule has 6 heteroatoms. The van der Waals surface area contributed by atoms with Gasteiger partial charge in [0, 0.05) is 17.5 Å². The summed E-state index contributed by atoms with van der Waals surface area (Å²) in [7, 11) is 0. The number of ether oxygens (including phenoxy) is 1. The second-order valence-corrected chi connectivity index (χ2v) is 4.20. The molecule has 1 N–H and O–H groups in total. The van der Waals surface area contributed by atoms with Gasteiger partial charge >= 0.3 is 6.36 Å². The van der Waals surface area contributed by atoms with Crippen LogP contribution in [0.5, 0.6) is 5.75 Å². The van der Waals surface area contributed by atoms with Crippen LogP contribution in [0.2, 0.25) is 0 Å². The number of hydrogen-bond acceptors (Lipinski definition) is 3. The summed E-state index contributed by atoms with van der Waals surface area (Å²) in [6, 6.07) is 8.59. The number of pyridine rings is 1. The number of alkyl halides is 3. The summed E-state index contributed by atoms with van der Waals surface area (Å²) in [5, 5.41) is 10.2. The first kappa shape index (κ1) is 14.3. The van der Waals surface area contributed by atoms with E-state index in [1.807, 2.05) is 0 Å². The van der Waals surface area contributed by atoms with Gasteiger partial charge in [0.2, 0.25) is 0 Å². The van der Waals surface area contributed by atoms with Gasteiger partial charge in [-0.05, 0) is 30.7 Å². The van der Waals surface area contributed by atoms with Crippen molar-refractivity contribution < 1.29 is 23.0 Å². The predicted molar refractivity (Wildman–Crippen MR) is 66.2 cm³/mol. The Labute approximate surface area is 113 Å². The minimum absolute atomic E-state index is 0.308. The van der Waals surface area contributed by atoms with Gasteiger partial charge in [0.25, 0.3) is 0 Å². The number of benzene rings is 1. The summed E-state index contributed by atoms with van der Waals surface area (Å²) in [6.45, 7) is 1.72. The van der Waals surface area contributed by atoms with Crippen LogP contribution < -0.4 is 4.74 Å². The summed E-state index contributed by atoms with van der Waals surface area (Å²) in [5.41, 5.74) is 1.46. The second-order valence-electron chi connectivity index (χ2n) is 4.20. The van der Waals surface area contributed by atoms with Crippen molar-refractivity contribution in [3.8, 4) is 5.75 Å². The van der Waals surface area contributed by atoms with E-state index in [-0.39, 0.29) is 5.75 Å². The fourth-order valence-electron chi connectivity index (χ4n) is 1.85. The number of rotatable bonds is 3. The van der Waals surface area contributed by atoms with Crippen molar-refractivity contribution in [2.75, 3.05) is 0 Å². The monoisotopic (exact) mass is 283 g/mol. The first-order chi connectivity index (χ1) is 9.37. The molecule has 0 fully saturated rings. The van der Waals surface area contributed by atoms with Crippen LogP contribution in [-0.2, 0) is 0 Å². The molecule has 1 aromatic carbocycles. The lowest BCUT2D eigenvalue weighted by atomic mass is 10.0. The number of aliphatic hydroxyl groups is 1. The smallest absolute Gasteiger partial charge is 0.406 e. The van der Waals surface area contributed by atoms with Gasteiger partial charge in [-0.2, -0.15) is 0 Å². The molecule has 0 bridgehead atoms. The zero-order valence-electron chi connectivity index (χ0n) is 10.6. The molecular weight excluding hydrogens is 271 g/mol. The SMILES string of the molecule is Cc1ncccc1C(O)c1cccc(OC(F)(F)F)c1. The maximum Gasteiger partial charge on any atom is 0.573 e. The van der Waals surface area contributed by atoms with E-state index in [1.54, 1.807) is 25.3 Å². The van der Waals surface area contributed by atoms with Crippen LogP contribution in [-0.4, -0.2) is 16.5 Å². The van der Waals surface area contributed by atoms with Crippen molar-refractivity contribution in [1.29, 1.82) is 0 Å². The highest BCUT2D eigenvalue weighted by molar-refractivity contribution is 5.36. The second kappa shape index (κ2) is 5.50. The Morgan fingerprint density at radius 2 is 1.95 bits per heavy atom. The van der Waals surface area contributed by atoms with E-state index in [4.69, 9.17) is 0 Å². The van der Waals surface area contributed by atoms with Gasteiger partial charge < -0.3 is 9.84 Å². The van der Waals surface area contributed by atoms with Gasteiger partial charge in [0.05, 0.1) is 0 Å². The van der Waals surface area contributed by atoms with Crippen molar-refractivity contribution >= 4 is 0 Å². The average molecular weight is 283 g/mol. The van der Waals surface area contributed by atoms with Gasteiger partial charge in [-0.3, -0.25) is 4.98 Å². The molecule has 1 atom stereocenters. The average Bonchev–Trinajstić information content (AvgIpc) is 2.37. The Hall–Kier alpha value is -2.08. The molecule has 3 nitrogen and oxygen atoms in total. The normalized spacial score (nSPS) is 13.1. The zero-order chi connectivity index (χ0) is 14.8. The van der Waals surface area contributed by atoms with E-state index >= 15 is 0 Å². The first-order valence-corrected chi connectivity index (χ1v) is 5.82. The summed E-state index contributed by atoms with van der Waals surface area (Å²) < 4.78 is 40.3. The van der Waals surface area contributed by atoms with Crippen LogP contribution in [0, 0.1) is 6.92 Å². The van der Waals surface area contributed by atoms with Crippen LogP contribution in [0.3, 0.4) is 0 Å². The van der Waals surface area contributed by atoms with Gasteiger partial charge in [0.1, 0.15) is 11.9 Å². The summed E-state index contributed by atoms with van der Waals surface area (Å²) in [5.74, 6) is -0.365. The van der Waals surface area contributed by atoms with Crippen LogP contribution in [0.25, 0.3) is 0 Å². The largest absolute Gasteiger partial charge is 0.573 e. The highest BCUT2D eigenvalue weighted by Crippen LogP contribution is 2.28. The third kappa shape index (κ3) is 3.48. The molecule has 0 aliphatic heterocycles. The molecule has 0 aliphatic carbocycles. The molecule has 0 radical (unpaired) electrons. The van der Waals surface area contributed by atoms with Crippen molar-refractivity contribution in [3.63, 3.8) is 0 Å². The number of aryl methyl sites for hydroxylation is 1. The van der Waals surface area contributed by atoms with Gasteiger partial charge in [0.15, 0.2) is 0 Å². The Bertz CT molecular complexity index is 599. The Balaban J connectivity index is 2.29. The highest BCUT2D eigenvalue weighted by atomic mass is 19.4. The molecule has 1 unspecified atom stereocenters. The molecule has 2 rings (SSSR count). The standard InChI is InChI=1S/C14H12F3NO2/c1-9-12(6-3-7-18-9)13(19)10-4-2-5-11(8-10)20-14(15,16)17/h2-8,13,19H,1H3. The van der Waals surface area contributed by atoms with E-state index < -0.39 is 12.5 Å². The fourth-order valence-corrected chi connectivity index (χ4v) is 1.85. The molecule has 20 heavy (non-hydrogen) atoms. The summed E-state index contributed by atoms with van der Waals surface area (Å²) in [4.78, 5) is 4.04. The van der Waals surface area contributed by atoms with Crippen molar-refractivity contribution in [2.24, 2.45) is 0 Å². The quantitative estimate of drug-likeness (QED) is 0.939. The Morgan fingerprint density at radius 3 is 2.60 bits per heavy atom. The van der Waals surface area contributed by atoms with Crippen LogP contribution in [0.15, 0.2) is 42.6 Å². The molecule has 0 aliphatic rings. The van der Waals surface area contributed by atoms with Gasteiger partial charge in [-0.25, -0.2) is 0 Å². The van der Waals surface area contributed by atoms with Crippen LogP contribution in [0.1, 0.15) is 22.9 Å². The third-order valence-corrected chi connectivity index (χ3v) is 2.75. The molecule has 0 amide bonds. The highest BCUT2D eigenvalue weighted by Gasteiger charge is 2.31. The van der Waals surface area contributed by atoms with Crippen LogP contribution in [0.4, 0.5) is 13.2 Å². The van der Waals surface area contributed by atoms with E-state index in [2.05, 4.69) is 9.72 Å². The van der Waals surface area contributed by atoms with Gasteiger partial charge in [-0.1, -0.05) is 18.2 Å². The molecule has 1 aromatic heterocycles. The van der Waals surface area contributed by atoms with E-state index in [1.165, 1.54) is 18.2 Å². The number of halogens is 3. The number of aliphatic hydroxyl groups excluding tert-OH is 1. The molecule has 0 spiro atoms. The zero-order valence-corrected chi connectivity index (χ0v) is 10.6. The fraction of sp³-hybridized carbons (Fsp3) is 0.214. The lowest BCUT2D eigenvalue weighted by molar-refractivity contribution is -0.274. The minimum Gasteiger partial charge on any atom is -0.406 e. The van der Waals surface area contributed by atoms with E-state index in [0.717, 1.165) is 6.07 Å². The van der Waals surface area contributed by atoms with E-state index in [9.17, 15) is 18.3 Å². The Morgan fingerprint density at radius 1 is 1.20 bits per heavy atom. The topological polar surface area (TPSA) is 42.4 Å². The first-order valence-electron chi connectivity index (χ1n) is 5.82. The van der Waals surface area contributed by atoms with Gasteiger partial charge in [-0.15, -0.1) is 13.2 Å². The minimum atomic E-state index is -4.76. The molecule has 0 saturated heterocycles. The van der Waals surface area contributed by atoms with Crippen molar-refractivity contribution in [1.82, 2.24) is 4.98 Å². The van der Waals surface area contributed by atoms with Crippen molar-refractivity contribution in [2.45, 2.75) is 19.4 Å². The predicted octanol–water partition coefficient (Wildman–Crippen LogP) is 3.37. The molecule has 1 heterocycles. The number of hydrogen-bond donors (Lipinski definition) is 1. The number of nitrogens with zero attached hydrogens (tertiary/aromatic N) is 1. The third-order valence-electron chi connectivity index (χ3n) is 2.75. The Kier molecular flexibility index (Phi) is 3.94. The van der Waals surface area contributed by atoms with E-state index in [0.29, 0.717) is 16.8 Å². The lowest BCUT2D eigenvalue weighted by Gasteiger charge is -2.15. The molecule has 106 valence electrons. The lowest BCUT2D eigenvalue weighted by Crippen LogP contribution is -2.17. The summed E-state index contributed by atoms with van der Waals surface area (Å²) in [6.07, 6.45) is -4.23. The molecule has 0 saturated carbocycles. The molecular formula is C14H12F3NO2. The molecule has 2 aromatic rings. The summed E-state index contributed by atoms with van der Waals surface area (Å²) >= 11 is 0. The maximum absolute atomic E-state index is 12.2. The van der Waals surface area contributed by atoms with Crippen molar-refractivity contribution in [3.05, 3.63) is 59.4 Å².